The van der Waals surface area contributed by atoms with E-state index in [0.29, 0.717) is 35.2 Å². The number of benzene rings is 1. The first kappa shape index (κ1) is 17.9. The number of sulfonamides is 1. The second-order valence-electron chi connectivity index (χ2n) is 4.93. The van der Waals surface area contributed by atoms with Gasteiger partial charge in [-0.2, -0.15) is 5.10 Å². The highest BCUT2D eigenvalue weighted by Gasteiger charge is 2.22. The SMILES string of the molecule is CCn1ncc(S(=O)(=O)Nc2cc(OC)c(OC)c(OC)c2)c1C. The van der Waals surface area contributed by atoms with Gasteiger partial charge in [0.05, 0.1) is 38.9 Å². The van der Waals surface area contributed by atoms with Crippen molar-refractivity contribution in [1.82, 2.24) is 9.78 Å². The number of nitrogens with zero attached hydrogens (tertiary/aromatic N) is 2. The van der Waals surface area contributed by atoms with E-state index in [4.69, 9.17) is 14.2 Å². The van der Waals surface area contributed by atoms with Crippen molar-refractivity contribution in [3.63, 3.8) is 0 Å². The molecular weight excluding hydrogens is 334 g/mol. The normalized spacial score (nSPS) is 11.2. The second kappa shape index (κ2) is 7.00. The Balaban J connectivity index is 2.44. The predicted molar refractivity (Wildman–Crippen MR) is 89.5 cm³/mol. The molecule has 2 rings (SSSR count). The van der Waals surface area contributed by atoms with Crippen molar-refractivity contribution in [1.29, 1.82) is 0 Å². The Labute approximate surface area is 141 Å². The molecule has 0 aliphatic carbocycles. The van der Waals surface area contributed by atoms with Crippen LogP contribution in [-0.2, 0) is 16.6 Å². The molecule has 132 valence electrons. The molecule has 0 unspecified atom stereocenters. The molecule has 9 heteroatoms. The van der Waals surface area contributed by atoms with E-state index < -0.39 is 10.0 Å². The van der Waals surface area contributed by atoms with Gasteiger partial charge in [-0.3, -0.25) is 9.40 Å². The summed E-state index contributed by atoms with van der Waals surface area (Å²) in [5, 5.41) is 4.07. The molecule has 0 fully saturated rings. The third-order valence-corrected chi connectivity index (χ3v) is 5.05. The molecule has 0 saturated heterocycles. The standard InChI is InChI=1S/C15H21N3O5S/c1-6-18-10(2)14(9-16-18)24(19,20)17-11-7-12(21-3)15(23-5)13(8-11)22-4/h7-9,17H,6H2,1-5H3. The molecule has 1 aromatic heterocycles. The molecule has 24 heavy (non-hydrogen) atoms. The van der Waals surface area contributed by atoms with Gasteiger partial charge in [0.25, 0.3) is 10.0 Å². The number of ether oxygens (including phenoxy) is 3. The lowest BCUT2D eigenvalue weighted by atomic mass is 10.2. The third-order valence-electron chi connectivity index (χ3n) is 3.56. The van der Waals surface area contributed by atoms with Gasteiger partial charge in [-0.15, -0.1) is 0 Å². The van der Waals surface area contributed by atoms with Crippen LogP contribution in [0.15, 0.2) is 23.2 Å². The lowest BCUT2D eigenvalue weighted by molar-refractivity contribution is 0.325. The van der Waals surface area contributed by atoms with Crippen molar-refractivity contribution in [3.05, 3.63) is 24.0 Å². The first-order valence-electron chi connectivity index (χ1n) is 7.23. The third kappa shape index (κ3) is 3.25. The van der Waals surface area contributed by atoms with Gasteiger partial charge >= 0.3 is 0 Å². The molecular formula is C15H21N3O5S. The Kier molecular flexibility index (Phi) is 5.23. The second-order valence-corrected chi connectivity index (χ2v) is 6.58. The zero-order valence-electron chi connectivity index (χ0n) is 14.3. The quantitative estimate of drug-likeness (QED) is 0.817. The van der Waals surface area contributed by atoms with Crippen molar-refractivity contribution in [2.45, 2.75) is 25.3 Å². The maximum atomic E-state index is 12.6. The van der Waals surface area contributed by atoms with Crippen LogP contribution in [0.2, 0.25) is 0 Å². The van der Waals surface area contributed by atoms with E-state index >= 15 is 0 Å². The minimum Gasteiger partial charge on any atom is -0.493 e. The van der Waals surface area contributed by atoms with E-state index in [1.807, 2.05) is 6.92 Å². The molecule has 0 spiro atoms. The Morgan fingerprint density at radius 2 is 1.71 bits per heavy atom. The van der Waals surface area contributed by atoms with Crippen molar-refractivity contribution in [3.8, 4) is 17.2 Å². The van der Waals surface area contributed by atoms with Crippen LogP contribution in [0.1, 0.15) is 12.6 Å². The number of nitrogens with one attached hydrogen (secondary N) is 1. The molecule has 0 aliphatic heterocycles. The van der Waals surface area contributed by atoms with Gasteiger partial charge in [0.2, 0.25) is 5.75 Å². The fourth-order valence-electron chi connectivity index (χ4n) is 2.36. The molecule has 1 N–H and O–H groups in total. The molecule has 1 aromatic carbocycles. The number of methoxy groups -OCH3 is 3. The molecule has 1 heterocycles. The van der Waals surface area contributed by atoms with Gasteiger partial charge in [-0.05, 0) is 13.8 Å². The van der Waals surface area contributed by atoms with Crippen LogP contribution in [0.5, 0.6) is 17.2 Å². The summed E-state index contributed by atoms with van der Waals surface area (Å²) in [6, 6.07) is 3.05. The summed E-state index contributed by atoms with van der Waals surface area (Å²) in [4.78, 5) is 0.123. The van der Waals surface area contributed by atoms with Crippen LogP contribution < -0.4 is 18.9 Å². The van der Waals surface area contributed by atoms with Crippen molar-refractivity contribution in [2.24, 2.45) is 0 Å². The highest BCUT2D eigenvalue weighted by atomic mass is 32.2. The van der Waals surface area contributed by atoms with Crippen molar-refractivity contribution >= 4 is 15.7 Å². The average Bonchev–Trinajstić information content (AvgIpc) is 2.94. The minimum absolute atomic E-state index is 0.123. The molecule has 0 radical (unpaired) electrons. The Morgan fingerprint density at radius 3 is 2.12 bits per heavy atom. The van der Waals surface area contributed by atoms with E-state index in [1.165, 1.54) is 39.7 Å². The van der Waals surface area contributed by atoms with Gasteiger partial charge in [0.1, 0.15) is 4.90 Å². The molecule has 2 aromatic rings. The van der Waals surface area contributed by atoms with Gasteiger partial charge in [-0.25, -0.2) is 8.42 Å². The number of rotatable bonds is 7. The maximum Gasteiger partial charge on any atom is 0.265 e. The van der Waals surface area contributed by atoms with Gasteiger partial charge in [-0.1, -0.05) is 0 Å². The van der Waals surface area contributed by atoms with E-state index in [2.05, 4.69) is 9.82 Å². The number of aryl methyl sites for hydroxylation is 1. The number of anilines is 1. The number of hydrogen-bond donors (Lipinski definition) is 1. The maximum absolute atomic E-state index is 12.6. The van der Waals surface area contributed by atoms with Gasteiger partial charge < -0.3 is 14.2 Å². The van der Waals surface area contributed by atoms with Crippen LogP contribution in [0.25, 0.3) is 0 Å². The highest BCUT2D eigenvalue weighted by Crippen LogP contribution is 2.40. The summed E-state index contributed by atoms with van der Waals surface area (Å²) in [5.41, 5.74) is 0.866. The summed E-state index contributed by atoms with van der Waals surface area (Å²) in [6.07, 6.45) is 1.33. The number of hydrogen-bond acceptors (Lipinski definition) is 6. The summed E-state index contributed by atoms with van der Waals surface area (Å²) >= 11 is 0. The molecule has 0 aliphatic rings. The topological polar surface area (TPSA) is 91.7 Å². The van der Waals surface area contributed by atoms with Gasteiger partial charge in [0, 0.05) is 18.7 Å². The van der Waals surface area contributed by atoms with E-state index in [1.54, 1.807) is 11.6 Å². The largest absolute Gasteiger partial charge is 0.493 e. The van der Waals surface area contributed by atoms with Crippen LogP contribution in [-0.4, -0.2) is 39.5 Å². The van der Waals surface area contributed by atoms with Gasteiger partial charge in [0.15, 0.2) is 11.5 Å². The Hall–Kier alpha value is -2.42. The first-order chi connectivity index (χ1) is 11.4. The van der Waals surface area contributed by atoms with E-state index in [9.17, 15) is 8.42 Å². The monoisotopic (exact) mass is 355 g/mol. The summed E-state index contributed by atoms with van der Waals surface area (Å²) in [5.74, 6) is 1.10. The fraction of sp³-hybridized carbons (Fsp3) is 0.400. The summed E-state index contributed by atoms with van der Waals surface area (Å²) in [7, 11) is 0.617. The molecule has 0 saturated carbocycles. The van der Waals surface area contributed by atoms with Crippen LogP contribution in [0, 0.1) is 6.92 Å². The number of aromatic nitrogens is 2. The van der Waals surface area contributed by atoms with Crippen molar-refractivity contribution in [2.75, 3.05) is 26.1 Å². The Morgan fingerprint density at radius 1 is 1.12 bits per heavy atom. The first-order valence-corrected chi connectivity index (χ1v) is 8.71. The summed E-state index contributed by atoms with van der Waals surface area (Å²) in [6.45, 7) is 4.19. The zero-order chi connectivity index (χ0) is 17.9. The highest BCUT2D eigenvalue weighted by molar-refractivity contribution is 7.92. The van der Waals surface area contributed by atoms with Crippen LogP contribution >= 0.6 is 0 Å². The van der Waals surface area contributed by atoms with Crippen LogP contribution in [0.4, 0.5) is 5.69 Å². The predicted octanol–water partition coefficient (Wildman–Crippen LogP) is 2.04. The van der Waals surface area contributed by atoms with E-state index in [-0.39, 0.29) is 4.90 Å². The minimum atomic E-state index is -3.79. The molecule has 8 nitrogen and oxygen atoms in total. The lowest BCUT2D eigenvalue weighted by Crippen LogP contribution is -2.14. The molecule has 0 atom stereocenters. The smallest absolute Gasteiger partial charge is 0.265 e. The van der Waals surface area contributed by atoms with E-state index in [0.717, 1.165) is 0 Å². The average molecular weight is 355 g/mol. The van der Waals surface area contributed by atoms with Crippen LogP contribution in [0.3, 0.4) is 0 Å². The lowest BCUT2D eigenvalue weighted by Gasteiger charge is -2.15. The Bertz CT molecular complexity index is 805. The van der Waals surface area contributed by atoms with Crippen molar-refractivity contribution < 1.29 is 22.6 Å². The zero-order valence-corrected chi connectivity index (χ0v) is 15.1. The molecule has 0 bridgehead atoms. The molecule has 0 amide bonds. The summed E-state index contributed by atoms with van der Waals surface area (Å²) < 4.78 is 45.1. The fourth-order valence-corrected chi connectivity index (χ4v) is 3.58.